The second kappa shape index (κ2) is 12.6. The van der Waals surface area contributed by atoms with E-state index in [2.05, 4.69) is 95.7 Å². The molecule has 10 heteroatoms. The minimum Gasteiger partial charge on any atom is -0.458 e. The molecular formula is C32H31F2O7S+. The van der Waals surface area contributed by atoms with Gasteiger partial charge in [0.25, 0.3) is 0 Å². The molecule has 0 radical (unpaired) electrons. The number of carbonyl (C=O) groups is 3. The number of methoxy groups -OCH3 is 1. The number of benzene rings is 3. The summed E-state index contributed by atoms with van der Waals surface area (Å²) in [5, 5.41) is 0. The van der Waals surface area contributed by atoms with Crippen LogP contribution in [-0.2, 0) is 44.2 Å². The van der Waals surface area contributed by atoms with Crippen molar-refractivity contribution in [2.24, 2.45) is 23.7 Å². The van der Waals surface area contributed by atoms with Crippen LogP contribution < -0.4 is 0 Å². The van der Waals surface area contributed by atoms with E-state index in [-0.39, 0.29) is 23.6 Å². The molecule has 6 atom stereocenters. The van der Waals surface area contributed by atoms with E-state index in [0.29, 0.717) is 13.3 Å². The lowest BCUT2D eigenvalue weighted by atomic mass is 9.78. The fraction of sp³-hybridized carbons (Fsp3) is 0.344. The first-order valence-corrected chi connectivity index (χ1v) is 14.8. The predicted octanol–water partition coefficient (Wildman–Crippen LogP) is 5.29. The topological polar surface area (TPSA) is 88.1 Å². The summed E-state index contributed by atoms with van der Waals surface area (Å²) < 4.78 is 45.7. The molecule has 6 unspecified atom stereocenters. The average molecular weight is 598 g/mol. The van der Waals surface area contributed by atoms with E-state index < -0.39 is 53.8 Å². The van der Waals surface area contributed by atoms with Gasteiger partial charge in [0, 0.05) is 25.9 Å². The summed E-state index contributed by atoms with van der Waals surface area (Å²) in [6.07, 6.45) is -1.43. The molecule has 3 aromatic carbocycles. The number of halogens is 2. The fourth-order valence-electron chi connectivity index (χ4n) is 5.99. The second-order valence-electron chi connectivity index (χ2n) is 10.4. The Morgan fingerprint density at radius 2 is 1.38 bits per heavy atom. The third kappa shape index (κ3) is 6.05. The first-order valence-electron chi connectivity index (χ1n) is 13.5. The van der Waals surface area contributed by atoms with Gasteiger partial charge < -0.3 is 18.9 Å². The van der Waals surface area contributed by atoms with Crippen molar-refractivity contribution in [2.45, 2.75) is 46.2 Å². The molecule has 42 heavy (non-hydrogen) atoms. The maximum absolute atomic E-state index is 13.1. The average Bonchev–Trinajstić information content (AvgIpc) is 3.62. The van der Waals surface area contributed by atoms with Crippen molar-refractivity contribution in [3.63, 3.8) is 0 Å². The van der Waals surface area contributed by atoms with Gasteiger partial charge in [-0.3, -0.25) is 9.59 Å². The Bertz CT molecular complexity index is 1290. The lowest BCUT2D eigenvalue weighted by Gasteiger charge is -2.30. The van der Waals surface area contributed by atoms with Gasteiger partial charge in [-0.1, -0.05) is 54.6 Å². The summed E-state index contributed by atoms with van der Waals surface area (Å²) in [7, 11) is 1.32. The van der Waals surface area contributed by atoms with Gasteiger partial charge in [0.15, 0.2) is 21.5 Å². The van der Waals surface area contributed by atoms with Crippen molar-refractivity contribution in [3.8, 4) is 0 Å². The van der Waals surface area contributed by atoms with Gasteiger partial charge in [-0.05, 0) is 42.8 Å². The minimum absolute atomic E-state index is 0.0146. The Labute approximate surface area is 245 Å². The highest BCUT2D eigenvalue weighted by Gasteiger charge is 2.70. The zero-order valence-corrected chi connectivity index (χ0v) is 23.9. The normalized spacial score (nSPS) is 25.4. The Hall–Kier alpha value is -3.76. The number of fused-ring (bicyclic) bond motifs is 1. The number of hydrogen-bond donors (Lipinski definition) is 0. The monoisotopic (exact) mass is 597 g/mol. The smallest absolute Gasteiger partial charge is 0.377 e. The molecule has 2 bridgehead atoms. The molecule has 3 fully saturated rings. The van der Waals surface area contributed by atoms with E-state index in [1.807, 2.05) is 0 Å². The Balaban J connectivity index is 0.000000171. The third-order valence-corrected chi connectivity index (χ3v) is 9.91. The maximum Gasteiger partial charge on any atom is 0.377 e. The highest BCUT2D eigenvalue weighted by molar-refractivity contribution is 7.97. The predicted molar refractivity (Wildman–Crippen MR) is 148 cm³/mol. The maximum atomic E-state index is 13.1. The highest BCUT2D eigenvalue weighted by atomic mass is 32.2. The Morgan fingerprint density at radius 3 is 1.83 bits per heavy atom. The highest BCUT2D eigenvalue weighted by Crippen LogP contribution is 2.59. The summed E-state index contributed by atoms with van der Waals surface area (Å²) in [5.74, 6) is -9.05. The number of rotatable bonds is 8. The summed E-state index contributed by atoms with van der Waals surface area (Å²) in [6.45, 7) is 0.145. The van der Waals surface area contributed by atoms with Crippen LogP contribution in [0.2, 0.25) is 0 Å². The molecule has 2 aliphatic carbocycles. The van der Waals surface area contributed by atoms with Crippen molar-refractivity contribution in [1.29, 1.82) is 0 Å². The molecule has 1 heterocycles. The molecule has 3 aromatic rings. The van der Waals surface area contributed by atoms with Crippen LogP contribution in [0.4, 0.5) is 8.78 Å². The molecule has 3 aliphatic rings. The molecule has 6 rings (SSSR count). The SMILES string of the molecule is COCOC(=O)C1C2CC3C(OC(=O)C31)C2OC(=O)C(C)(F)F.c1ccc([S+](c2ccccc2)c2ccccc2)cc1. The van der Waals surface area contributed by atoms with E-state index in [0.717, 1.165) is 0 Å². The lowest BCUT2D eigenvalue weighted by Crippen LogP contribution is -2.45. The van der Waals surface area contributed by atoms with Crippen LogP contribution in [-0.4, -0.2) is 49.9 Å². The number of ether oxygens (including phenoxy) is 4. The first kappa shape index (κ1) is 29.7. The molecule has 0 amide bonds. The van der Waals surface area contributed by atoms with Gasteiger partial charge in [0.2, 0.25) is 0 Å². The Morgan fingerprint density at radius 1 is 0.881 bits per heavy atom. The van der Waals surface area contributed by atoms with Crippen molar-refractivity contribution < 1.29 is 42.1 Å². The number of carbonyl (C=O) groups excluding carboxylic acids is 3. The molecule has 0 spiro atoms. The van der Waals surface area contributed by atoms with Crippen molar-refractivity contribution in [1.82, 2.24) is 0 Å². The van der Waals surface area contributed by atoms with Gasteiger partial charge >= 0.3 is 23.8 Å². The summed E-state index contributed by atoms with van der Waals surface area (Å²) >= 11 is 0. The zero-order chi connectivity index (χ0) is 29.9. The van der Waals surface area contributed by atoms with E-state index >= 15 is 0 Å². The zero-order valence-electron chi connectivity index (χ0n) is 23.1. The van der Waals surface area contributed by atoms with Crippen LogP contribution in [0.25, 0.3) is 0 Å². The summed E-state index contributed by atoms with van der Waals surface area (Å²) in [5.41, 5.74) is 0. The summed E-state index contributed by atoms with van der Waals surface area (Å²) in [4.78, 5) is 39.7. The molecule has 220 valence electrons. The molecule has 2 saturated carbocycles. The van der Waals surface area contributed by atoms with Gasteiger partial charge in [0.05, 0.1) is 22.7 Å². The van der Waals surface area contributed by atoms with Crippen LogP contribution >= 0.6 is 0 Å². The van der Waals surface area contributed by atoms with E-state index in [9.17, 15) is 23.2 Å². The standard InChI is InChI=1S/C18H15S.C14H16F2O7/c1-4-10-16(11-5-1)19(17-12-6-2-7-13-17)18-14-8-3-9-15-18;1-14(15,16)13(19)23-10-5-3-6-8(12(18)22-9(6)10)7(5)11(17)21-4-20-2/h1-15H;5-10H,3-4H2,1-2H3/q+1;. The molecule has 7 nitrogen and oxygen atoms in total. The van der Waals surface area contributed by atoms with Crippen LogP contribution in [0.15, 0.2) is 106 Å². The van der Waals surface area contributed by atoms with Gasteiger partial charge in [-0.2, -0.15) is 8.78 Å². The Kier molecular flexibility index (Phi) is 8.93. The van der Waals surface area contributed by atoms with Crippen LogP contribution in [0.1, 0.15) is 13.3 Å². The molecular weight excluding hydrogens is 566 g/mol. The van der Waals surface area contributed by atoms with Crippen LogP contribution in [0, 0.1) is 23.7 Å². The largest absolute Gasteiger partial charge is 0.458 e. The molecule has 0 aromatic heterocycles. The van der Waals surface area contributed by atoms with E-state index in [1.165, 1.54) is 21.8 Å². The molecule has 1 aliphatic heterocycles. The quantitative estimate of drug-likeness (QED) is 0.151. The van der Waals surface area contributed by atoms with Gasteiger partial charge in [-0.25, -0.2) is 4.79 Å². The van der Waals surface area contributed by atoms with Gasteiger partial charge in [0.1, 0.15) is 12.2 Å². The minimum atomic E-state index is -3.66. The lowest BCUT2D eigenvalue weighted by molar-refractivity contribution is -0.187. The molecule has 0 N–H and O–H groups in total. The van der Waals surface area contributed by atoms with Crippen molar-refractivity contribution >= 4 is 28.8 Å². The van der Waals surface area contributed by atoms with Crippen molar-refractivity contribution in [3.05, 3.63) is 91.0 Å². The van der Waals surface area contributed by atoms with Crippen molar-refractivity contribution in [2.75, 3.05) is 13.9 Å². The third-order valence-electron chi connectivity index (χ3n) is 7.68. The fourth-order valence-corrected chi connectivity index (χ4v) is 8.09. The van der Waals surface area contributed by atoms with E-state index in [1.54, 1.807) is 0 Å². The van der Waals surface area contributed by atoms with Crippen LogP contribution in [0.5, 0.6) is 0 Å². The number of hydrogen-bond acceptors (Lipinski definition) is 7. The first-order chi connectivity index (χ1) is 20.2. The van der Waals surface area contributed by atoms with E-state index in [4.69, 9.17) is 14.2 Å². The van der Waals surface area contributed by atoms with Crippen LogP contribution in [0.3, 0.4) is 0 Å². The number of alkyl halides is 2. The number of esters is 3. The summed E-state index contributed by atoms with van der Waals surface area (Å²) in [6, 6.07) is 32.2. The second-order valence-corrected chi connectivity index (χ2v) is 12.4. The van der Waals surface area contributed by atoms with Gasteiger partial charge in [-0.15, -0.1) is 0 Å². The molecule has 1 saturated heterocycles.